The van der Waals surface area contributed by atoms with Gasteiger partial charge in [0.05, 0.1) is 18.2 Å². The highest BCUT2D eigenvalue weighted by atomic mass is 19.4. The van der Waals surface area contributed by atoms with Crippen molar-refractivity contribution in [1.29, 1.82) is 0 Å². The van der Waals surface area contributed by atoms with Gasteiger partial charge in [-0.2, -0.15) is 26.3 Å². The van der Waals surface area contributed by atoms with Gasteiger partial charge >= 0.3 is 18.3 Å². The van der Waals surface area contributed by atoms with E-state index in [0.29, 0.717) is 12.1 Å². The average Bonchev–Trinajstić information content (AvgIpc) is 2.64. The zero-order valence-corrected chi connectivity index (χ0v) is 14.6. The van der Waals surface area contributed by atoms with Crippen LogP contribution in [-0.2, 0) is 21.9 Å². The first-order chi connectivity index (χ1) is 13.4. The smallest absolute Gasteiger partial charge is 0.416 e. The third-order valence-corrected chi connectivity index (χ3v) is 3.53. The molecule has 0 atom stereocenters. The summed E-state index contributed by atoms with van der Waals surface area (Å²) in [5.74, 6) is -1.75. The van der Waals surface area contributed by atoms with Gasteiger partial charge in [0.15, 0.2) is 6.61 Å². The minimum Gasteiger partial charge on any atom is -0.482 e. The molecule has 0 unspecified atom stereocenters. The number of hydrogen-bond acceptors (Lipinski definition) is 4. The molecule has 1 N–H and O–H groups in total. The topological polar surface area (TPSA) is 64.6 Å². The molecule has 29 heavy (non-hydrogen) atoms. The van der Waals surface area contributed by atoms with E-state index in [2.05, 4.69) is 10.1 Å². The first kappa shape index (κ1) is 22.1. The summed E-state index contributed by atoms with van der Waals surface area (Å²) in [6.45, 7) is -0.434. The lowest BCUT2D eigenvalue weighted by atomic mass is 10.0. The molecule has 0 aliphatic carbocycles. The van der Waals surface area contributed by atoms with Crippen LogP contribution < -0.4 is 10.1 Å². The van der Waals surface area contributed by atoms with Crippen molar-refractivity contribution >= 4 is 17.6 Å². The molecule has 5 nitrogen and oxygen atoms in total. The average molecular weight is 421 g/mol. The number of anilines is 1. The maximum Gasteiger partial charge on any atom is 0.416 e. The number of methoxy groups -OCH3 is 1. The van der Waals surface area contributed by atoms with E-state index in [1.54, 1.807) is 0 Å². The summed E-state index contributed by atoms with van der Waals surface area (Å²) in [7, 11) is 1.15. The SMILES string of the molecule is COC(=O)COc1cccc(NC(=O)c2cc(C(F)(F)F)cc(C(F)(F)F)c2)c1. The van der Waals surface area contributed by atoms with Gasteiger partial charge in [0.1, 0.15) is 5.75 Å². The molecular formula is C18H13F6NO4. The van der Waals surface area contributed by atoms with Gasteiger partial charge in [0.2, 0.25) is 0 Å². The maximum absolute atomic E-state index is 12.9. The fourth-order valence-corrected chi connectivity index (χ4v) is 2.15. The Kier molecular flexibility index (Phi) is 6.40. The first-order valence-electron chi connectivity index (χ1n) is 7.80. The molecule has 2 aromatic carbocycles. The highest BCUT2D eigenvalue weighted by Gasteiger charge is 2.37. The van der Waals surface area contributed by atoms with Gasteiger partial charge in [-0.25, -0.2) is 4.79 Å². The Morgan fingerprint density at radius 2 is 1.52 bits per heavy atom. The Labute approximate surface area is 160 Å². The van der Waals surface area contributed by atoms with E-state index < -0.39 is 47.5 Å². The quantitative estimate of drug-likeness (QED) is 0.569. The predicted octanol–water partition coefficient (Wildman–Crippen LogP) is 4.53. The number of rotatable bonds is 5. The van der Waals surface area contributed by atoms with Crippen LogP contribution in [0.25, 0.3) is 0 Å². The van der Waals surface area contributed by atoms with E-state index in [-0.39, 0.29) is 17.5 Å². The van der Waals surface area contributed by atoms with Gasteiger partial charge in [0, 0.05) is 17.3 Å². The molecule has 0 aliphatic heterocycles. The summed E-state index contributed by atoms with van der Waals surface area (Å²) >= 11 is 0. The molecule has 156 valence electrons. The lowest BCUT2D eigenvalue weighted by Crippen LogP contribution is -2.17. The summed E-state index contributed by atoms with van der Waals surface area (Å²) in [6, 6.07) is 5.96. The van der Waals surface area contributed by atoms with Gasteiger partial charge in [-0.3, -0.25) is 4.79 Å². The third kappa shape index (κ3) is 6.13. The molecule has 0 radical (unpaired) electrons. The molecule has 2 rings (SSSR count). The van der Waals surface area contributed by atoms with Crippen LogP contribution in [0.1, 0.15) is 21.5 Å². The second kappa shape index (κ2) is 8.41. The Morgan fingerprint density at radius 3 is 2.03 bits per heavy atom. The van der Waals surface area contributed by atoms with Crippen molar-refractivity contribution in [2.45, 2.75) is 12.4 Å². The highest BCUT2D eigenvalue weighted by molar-refractivity contribution is 6.04. The summed E-state index contributed by atoms with van der Waals surface area (Å²) in [4.78, 5) is 23.3. The number of alkyl halides is 6. The highest BCUT2D eigenvalue weighted by Crippen LogP contribution is 2.36. The van der Waals surface area contributed by atoms with Crippen molar-refractivity contribution in [3.05, 3.63) is 59.2 Å². The number of benzene rings is 2. The standard InChI is InChI=1S/C18H13F6NO4/c1-28-15(26)9-29-14-4-2-3-13(8-14)25-16(27)10-5-11(17(19,20)21)7-12(6-10)18(22,23)24/h2-8H,9H2,1H3,(H,25,27). The lowest BCUT2D eigenvalue weighted by Gasteiger charge is -2.14. The van der Waals surface area contributed by atoms with Crippen LogP contribution in [0.3, 0.4) is 0 Å². The molecular weight excluding hydrogens is 408 g/mol. The zero-order valence-electron chi connectivity index (χ0n) is 14.6. The van der Waals surface area contributed by atoms with Gasteiger partial charge in [-0.05, 0) is 30.3 Å². The van der Waals surface area contributed by atoms with E-state index in [0.717, 1.165) is 7.11 Å². The van der Waals surface area contributed by atoms with Crippen molar-refractivity contribution in [2.24, 2.45) is 0 Å². The van der Waals surface area contributed by atoms with Crippen molar-refractivity contribution in [3.8, 4) is 5.75 Å². The van der Waals surface area contributed by atoms with Crippen molar-refractivity contribution in [2.75, 3.05) is 19.0 Å². The molecule has 11 heteroatoms. The largest absolute Gasteiger partial charge is 0.482 e. The molecule has 0 fully saturated rings. The number of esters is 1. The summed E-state index contributed by atoms with van der Waals surface area (Å²) in [5.41, 5.74) is -4.00. The molecule has 1 amide bonds. The monoisotopic (exact) mass is 421 g/mol. The lowest BCUT2D eigenvalue weighted by molar-refractivity contribution is -0.144. The fourth-order valence-electron chi connectivity index (χ4n) is 2.15. The molecule has 2 aromatic rings. The number of amides is 1. The number of carbonyl (C=O) groups excluding carboxylic acids is 2. The van der Waals surface area contributed by atoms with Crippen molar-refractivity contribution < 1.29 is 45.4 Å². The Hall–Kier alpha value is -3.24. The zero-order chi connectivity index (χ0) is 21.8. The predicted molar refractivity (Wildman–Crippen MR) is 88.4 cm³/mol. The molecule has 0 saturated carbocycles. The fraction of sp³-hybridized carbons (Fsp3) is 0.222. The van der Waals surface area contributed by atoms with E-state index in [4.69, 9.17) is 4.74 Å². The number of carbonyl (C=O) groups is 2. The van der Waals surface area contributed by atoms with E-state index in [9.17, 15) is 35.9 Å². The second-order valence-corrected chi connectivity index (χ2v) is 5.64. The van der Waals surface area contributed by atoms with Crippen LogP contribution in [0.4, 0.5) is 32.0 Å². The Balaban J connectivity index is 2.27. The summed E-state index contributed by atoms with van der Waals surface area (Å²) < 4.78 is 86.9. The molecule has 0 spiro atoms. The maximum atomic E-state index is 12.9. The van der Waals surface area contributed by atoms with Gasteiger partial charge in [0.25, 0.3) is 5.91 Å². The summed E-state index contributed by atoms with van der Waals surface area (Å²) in [5, 5.41) is 2.19. The van der Waals surface area contributed by atoms with Crippen LogP contribution >= 0.6 is 0 Å². The first-order valence-corrected chi connectivity index (χ1v) is 7.80. The van der Waals surface area contributed by atoms with Gasteiger partial charge in [-0.15, -0.1) is 0 Å². The number of halogens is 6. The van der Waals surface area contributed by atoms with Crippen LogP contribution in [-0.4, -0.2) is 25.6 Å². The van der Waals surface area contributed by atoms with Crippen molar-refractivity contribution in [3.63, 3.8) is 0 Å². The van der Waals surface area contributed by atoms with E-state index >= 15 is 0 Å². The molecule has 0 aromatic heterocycles. The van der Waals surface area contributed by atoms with Crippen LogP contribution in [0.5, 0.6) is 5.75 Å². The minimum absolute atomic E-state index is 0.0309. The van der Waals surface area contributed by atoms with E-state index in [1.807, 2.05) is 0 Å². The van der Waals surface area contributed by atoms with Crippen LogP contribution in [0, 0.1) is 0 Å². The Morgan fingerprint density at radius 1 is 0.931 bits per heavy atom. The molecule has 0 bridgehead atoms. The van der Waals surface area contributed by atoms with Crippen LogP contribution in [0.2, 0.25) is 0 Å². The van der Waals surface area contributed by atoms with Crippen molar-refractivity contribution in [1.82, 2.24) is 0 Å². The third-order valence-electron chi connectivity index (χ3n) is 3.53. The van der Waals surface area contributed by atoms with E-state index in [1.165, 1.54) is 24.3 Å². The number of hydrogen-bond donors (Lipinski definition) is 1. The number of ether oxygens (including phenoxy) is 2. The van der Waals surface area contributed by atoms with Gasteiger partial charge < -0.3 is 14.8 Å². The van der Waals surface area contributed by atoms with Crippen LogP contribution in [0.15, 0.2) is 42.5 Å². The Bertz CT molecular complexity index is 876. The molecule has 0 saturated heterocycles. The molecule has 0 heterocycles. The normalized spacial score (nSPS) is 11.7. The molecule has 0 aliphatic rings. The number of nitrogens with one attached hydrogen (secondary N) is 1. The van der Waals surface area contributed by atoms with Gasteiger partial charge in [-0.1, -0.05) is 6.07 Å². The second-order valence-electron chi connectivity index (χ2n) is 5.64. The summed E-state index contributed by atoms with van der Waals surface area (Å²) in [6.07, 6.45) is -10.1. The minimum atomic E-state index is -5.07.